The van der Waals surface area contributed by atoms with E-state index < -0.39 is 5.66 Å². The lowest BCUT2D eigenvalue weighted by molar-refractivity contribution is -0.132. The number of hydrogen-bond acceptors (Lipinski definition) is 5. The lowest BCUT2D eigenvalue weighted by Gasteiger charge is -2.46. The van der Waals surface area contributed by atoms with Crippen LogP contribution in [0.15, 0.2) is 78.0 Å². The number of hydrogen-bond donors (Lipinski definition) is 0. The van der Waals surface area contributed by atoms with E-state index in [9.17, 15) is 9.59 Å². The number of aliphatic imine (C=N–C) groups is 1. The summed E-state index contributed by atoms with van der Waals surface area (Å²) in [5, 5.41) is 0. The molecule has 2 aromatic carbocycles. The largest absolute Gasteiger partial charge is 0.465 e. The third-order valence-electron chi connectivity index (χ3n) is 8.55. The van der Waals surface area contributed by atoms with Crippen LogP contribution in [0.1, 0.15) is 80.9 Å². The van der Waals surface area contributed by atoms with E-state index in [0.717, 1.165) is 47.9 Å². The predicted octanol–water partition coefficient (Wildman–Crippen LogP) is 6.86. The Kier molecular flexibility index (Phi) is 7.15. The molecule has 1 fully saturated rings. The fourth-order valence-corrected chi connectivity index (χ4v) is 6.19. The van der Waals surface area contributed by atoms with Crippen molar-refractivity contribution in [3.63, 3.8) is 0 Å². The first kappa shape index (κ1) is 26.8. The van der Waals surface area contributed by atoms with Crippen LogP contribution in [-0.2, 0) is 9.53 Å². The number of aromatic nitrogens is 1. The number of carbonyl (C=O) groups excluding carboxylic acids is 2. The van der Waals surface area contributed by atoms with Crippen molar-refractivity contribution in [2.45, 2.75) is 65.1 Å². The molecule has 1 atom stereocenters. The highest BCUT2D eigenvalue weighted by Crippen LogP contribution is 2.49. The number of methoxy groups -OCH3 is 1. The minimum atomic E-state index is -0.582. The third-order valence-corrected chi connectivity index (χ3v) is 8.55. The summed E-state index contributed by atoms with van der Waals surface area (Å²) in [5.74, 6) is 0.174. The van der Waals surface area contributed by atoms with E-state index in [4.69, 9.17) is 9.73 Å². The van der Waals surface area contributed by atoms with Crippen LogP contribution in [0.5, 0.6) is 0 Å². The summed E-state index contributed by atoms with van der Waals surface area (Å²) >= 11 is 0. The second-order valence-corrected chi connectivity index (χ2v) is 11.9. The van der Waals surface area contributed by atoms with E-state index >= 15 is 0 Å². The molecule has 39 heavy (non-hydrogen) atoms. The van der Waals surface area contributed by atoms with Gasteiger partial charge in [-0.1, -0.05) is 51.1 Å². The average molecular weight is 524 g/mol. The first-order chi connectivity index (χ1) is 18.6. The Bertz CT molecular complexity index is 1380. The number of esters is 1. The van der Waals surface area contributed by atoms with Crippen molar-refractivity contribution < 1.29 is 14.3 Å². The van der Waals surface area contributed by atoms with Gasteiger partial charge in [0.1, 0.15) is 11.4 Å². The minimum Gasteiger partial charge on any atom is -0.465 e. The summed E-state index contributed by atoms with van der Waals surface area (Å²) in [5.41, 5.74) is 4.54. The van der Waals surface area contributed by atoms with Crippen LogP contribution >= 0.6 is 0 Å². The van der Waals surface area contributed by atoms with E-state index in [1.165, 1.54) is 7.11 Å². The van der Waals surface area contributed by atoms with Crippen LogP contribution in [0.4, 0.5) is 0 Å². The monoisotopic (exact) mass is 523 g/mol. The van der Waals surface area contributed by atoms with Gasteiger partial charge < -0.3 is 9.64 Å². The van der Waals surface area contributed by atoms with E-state index in [1.54, 1.807) is 24.5 Å². The Labute approximate surface area is 231 Å². The van der Waals surface area contributed by atoms with Crippen LogP contribution in [0, 0.1) is 11.3 Å². The maximum absolute atomic E-state index is 14.3. The quantitative estimate of drug-likeness (QED) is 0.343. The van der Waals surface area contributed by atoms with Crippen LogP contribution in [0.2, 0.25) is 0 Å². The van der Waals surface area contributed by atoms with E-state index in [-0.39, 0.29) is 23.3 Å². The summed E-state index contributed by atoms with van der Waals surface area (Å²) in [6.45, 7) is 8.97. The Morgan fingerprint density at radius 3 is 2.23 bits per heavy atom. The highest BCUT2D eigenvalue weighted by molar-refractivity contribution is 6.47. The maximum atomic E-state index is 14.3. The van der Waals surface area contributed by atoms with Gasteiger partial charge in [0.2, 0.25) is 0 Å². The minimum absolute atomic E-state index is 0.0411. The van der Waals surface area contributed by atoms with Gasteiger partial charge in [0.15, 0.2) is 0 Å². The average Bonchev–Trinajstić information content (AvgIpc) is 3.23. The molecular formula is C33H37N3O3. The zero-order valence-corrected chi connectivity index (χ0v) is 23.5. The van der Waals surface area contributed by atoms with Gasteiger partial charge in [0, 0.05) is 18.0 Å². The van der Waals surface area contributed by atoms with Gasteiger partial charge in [-0.15, -0.1) is 0 Å². The third kappa shape index (κ3) is 5.12. The SMILES string of the molecule is COC(=O)c1ccc([C@@H](C)N2C(=O)C(c3cccc(-c4ccncc4)c3)=NC23CCC(C(C)(C)C)CC3)cc1. The number of ether oxygens (including phenoxy) is 1. The summed E-state index contributed by atoms with van der Waals surface area (Å²) in [4.78, 5) is 37.6. The smallest absolute Gasteiger partial charge is 0.337 e. The molecule has 6 heteroatoms. The molecule has 1 spiro atoms. The molecule has 5 rings (SSSR count). The lowest BCUT2D eigenvalue weighted by Crippen LogP contribution is -2.50. The highest BCUT2D eigenvalue weighted by atomic mass is 16.5. The second kappa shape index (κ2) is 10.4. The molecule has 1 aliphatic heterocycles. The number of rotatable bonds is 5. The van der Waals surface area contributed by atoms with Gasteiger partial charge in [0.25, 0.3) is 5.91 Å². The van der Waals surface area contributed by atoms with E-state index in [1.807, 2.05) is 47.4 Å². The zero-order chi connectivity index (χ0) is 27.8. The molecule has 1 saturated carbocycles. The fourth-order valence-electron chi connectivity index (χ4n) is 6.19. The summed E-state index contributed by atoms with van der Waals surface area (Å²) in [6.07, 6.45) is 7.26. The first-order valence-corrected chi connectivity index (χ1v) is 13.8. The fraction of sp³-hybridized carbons (Fsp3) is 0.394. The number of amides is 1. The van der Waals surface area contributed by atoms with Gasteiger partial charge in [-0.25, -0.2) is 4.79 Å². The molecule has 1 aromatic heterocycles. The molecule has 0 N–H and O–H groups in total. The molecule has 0 unspecified atom stereocenters. The zero-order valence-electron chi connectivity index (χ0n) is 23.5. The van der Waals surface area contributed by atoms with Crippen LogP contribution in [-0.4, -0.2) is 40.2 Å². The lowest BCUT2D eigenvalue weighted by atomic mass is 9.69. The standard InChI is InChI=1S/C33H37N3O3/c1-22(23-9-11-25(12-10-23)31(38)39-5)36-30(37)29(35-33(36)17-13-28(14-18-33)32(2,3)4)27-8-6-7-26(21-27)24-15-19-34-20-16-24/h6-12,15-16,19-22,28H,13-14,17-18H2,1-5H3/t22-,28?,33?/m1/s1. The van der Waals surface area contributed by atoms with Crippen molar-refractivity contribution in [1.29, 1.82) is 0 Å². The van der Waals surface area contributed by atoms with Gasteiger partial charge in [-0.3, -0.25) is 14.8 Å². The molecule has 1 amide bonds. The first-order valence-electron chi connectivity index (χ1n) is 13.8. The van der Waals surface area contributed by atoms with Gasteiger partial charge >= 0.3 is 5.97 Å². The molecular weight excluding hydrogens is 486 g/mol. The van der Waals surface area contributed by atoms with Gasteiger partial charge in [0.05, 0.1) is 18.7 Å². The Balaban J connectivity index is 1.52. The number of carbonyl (C=O) groups is 2. The number of benzene rings is 2. The van der Waals surface area contributed by atoms with Crippen molar-refractivity contribution in [2.24, 2.45) is 16.3 Å². The molecule has 2 aliphatic rings. The normalized spacial score (nSPS) is 22.1. The van der Waals surface area contributed by atoms with E-state index in [0.29, 0.717) is 17.2 Å². The molecule has 202 valence electrons. The molecule has 1 aliphatic carbocycles. The Hall–Kier alpha value is -3.80. The maximum Gasteiger partial charge on any atom is 0.337 e. The Morgan fingerprint density at radius 1 is 0.974 bits per heavy atom. The highest BCUT2D eigenvalue weighted by Gasteiger charge is 2.51. The second-order valence-electron chi connectivity index (χ2n) is 11.9. The molecule has 0 bridgehead atoms. The number of pyridine rings is 1. The van der Waals surface area contributed by atoms with Crippen LogP contribution in [0.25, 0.3) is 11.1 Å². The van der Waals surface area contributed by atoms with Crippen molar-refractivity contribution in [3.05, 3.63) is 89.7 Å². The predicted molar refractivity (Wildman–Crippen MR) is 153 cm³/mol. The van der Waals surface area contributed by atoms with Crippen LogP contribution < -0.4 is 0 Å². The molecule has 0 saturated heterocycles. The van der Waals surface area contributed by atoms with Crippen molar-refractivity contribution >= 4 is 17.6 Å². The van der Waals surface area contributed by atoms with Gasteiger partial charge in [-0.2, -0.15) is 0 Å². The molecule has 2 heterocycles. The van der Waals surface area contributed by atoms with Gasteiger partial charge in [-0.05, 0) is 91.0 Å². The summed E-state index contributed by atoms with van der Waals surface area (Å²) < 4.78 is 4.86. The summed E-state index contributed by atoms with van der Waals surface area (Å²) in [7, 11) is 1.38. The van der Waals surface area contributed by atoms with Crippen molar-refractivity contribution in [2.75, 3.05) is 7.11 Å². The van der Waals surface area contributed by atoms with Crippen molar-refractivity contribution in [1.82, 2.24) is 9.88 Å². The van der Waals surface area contributed by atoms with Crippen LogP contribution in [0.3, 0.4) is 0 Å². The van der Waals surface area contributed by atoms with E-state index in [2.05, 4.69) is 38.7 Å². The summed E-state index contributed by atoms with van der Waals surface area (Å²) in [6, 6.07) is 19.2. The molecule has 0 radical (unpaired) electrons. The Morgan fingerprint density at radius 2 is 1.62 bits per heavy atom. The molecule has 6 nitrogen and oxygen atoms in total. The molecule has 3 aromatic rings. The topological polar surface area (TPSA) is 71.9 Å². The number of nitrogens with zero attached hydrogens (tertiary/aromatic N) is 3. The van der Waals surface area contributed by atoms with Crippen molar-refractivity contribution in [3.8, 4) is 11.1 Å².